The van der Waals surface area contributed by atoms with Crippen LogP contribution in [-0.4, -0.2) is 59.5 Å². The lowest BCUT2D eigenvalue weighted by Gasteiger charge is -2.38. The fourth-order valence-corrected chi connectivity index (χ4v) is 4.07. The minimum absolute atomic E-state index is 0.109. The van der Waals surface area contributed by atoms with Gasteiger partial charge in [-0.3, -0.25) is 9.69 Å². The molecule has 2 aromatic rings. The lowest BCUT2D eigenvalue weighted by atomic mass is 9.92. The van der Waals surface area contributed by atoms with E-state index in [2.05, 4.69) is 29.2 Å². The third-order valence-electron chi connectivity index (χ3n) is 5.52. The number of para-hydroxylation sites is 1. The number of halogens is 1. The number of aromatic nitrogens is 2. The highest BCUT2D eigenvalue weighted by Crippen LogP contribution is 2.21. The second-order valence-electron chi connectivity index (χ2n) is 7.13. The summed E-state index contributed by atoms with van der Waals surface area (Å²) in [6.07, 6.45) is 5.49. The van der Waals surface area contributed by atoms with E-state index in [1.807, 2.05) is 18.2 Å². The van der Waals surface area contributed by atoms with Crippen LogP contribution in [0.15, 0.2) is 36.7 Å². The molecule has 1 aliphatic rings. The van der Waals surface area contributed by atoms with Gasteiger partial charge in [0.05, 0.1) is 35.7 Å². The van der Waals surface area contributed by atoms with Gasteiger partial charge in [-0.15, -0.1) is 0 Å². The molecule has 6 nitrogen and oxygen atoms in total. The highest BCUT2D eigenvalue weighted by Gasteiger charge is 2.27. The molecule has 1 fully saturated rings. The number of nitrogens with zero attached hydrogens (tertiary/aromatic N) is 3. The summed E-state index contributed by atoms with van der Waals surface area (Å²) in [6, 6.07) is 7.76. The number of hydrogen-bond donors (Lipinski definition) is 1. The van der Waals surface area contributed by atoms with Crippen LogP contribution in [0.4, 0.5) is 0 Å². The van der Waals surface area contributed by atoms with Gasteiger partial charge in [0.2, 0.25) is 0 Å². The highest BCUT2D eigenvalue weighted by atomic mass is 35.5. The van der Waals surface area contributed by atoms with Gasteiger partial charge in [0.15, 0.2) is 0 Å². The van der Waals surface area contributed by atoms with E-state index in [0.29, 0.717) is 29.1 Å². The van der Waals surface area contributed by atoms with Crippen LogP contribution in [0.1, 0.15) is 37.0 Å². The first-order valence-corrected chi connectivity index (χ1v) is 10.4. The Morgan fingerprint density at radius 1 is 1.25 bits per heavy atom. The molecular formula is C21H29ClN4O2. The average molecular weight is 405 g/mol. The molecule has 0 aliphatic carbocycles. The zero-order valence-electron chi connectivity index (χ0n) is 16.6. The molecular weight excluding hydrogens is 376 g/mol. The maximum atomic E-state index is 12.7. The van der Waals surface area contributed by atoms with Gasteiger partial charge in [0.25, 0.3) is 5.91 Å². The van der Waals surface area contributed by atoms with Crippen molar-refractivity contribution >= 4 is 17.5 Å². The standard InChI is InChI=1S/C21H29ClN4O2/c1-3-16(4-2)20(25-9-11-28-12-10-25)14-23-21(27)17-13-24-26(15-17)19-8-6-5-7-18(19)22/h5-8,13,15-16,20H,3-4,9-12,14H2,1-2H3,(H,23,27). The summed E-state index contributed by atoms with van der Waals surface area (Å²) in [4.78, 5) is 15.2. The molecule has 3 rings (SSSR count). The Balaban J connectivity index is 1.66. The predicted molar refractivity (Wildman–Crippen MR) is 111 cm³/mol. The first kappa shape index (κ1) is 20.8. The molecule has 7 heteroatoms. The van der Waals surface area contributed by atoms with E-state index in [0.717, 1.165) is 44.8 Å². The van der Waals surface area contributed by atoms with Crippen molar-refractivity contribution in [2.24, 2.45) is 5.92 Å². The van der Waals surface area contributed by atoms with Crippen LogP contribution in [0.5, 0.6) is 0 Å². The molecule has 0 saturated carbocycles. The summed E-state index contributed by atoms with van der Waals surface area (Å²) >= 11 is 6.23. The van der Waals surface area contributed by atoms with Crippen LogP contribution < -0.4 is 5.32 Å². The molecule has 1 aliphatic heterocycles. The number of nitrogens with one attached hydrogen (secondary N) is 1. The van der Waals surface area contributed by atoms with Gasteiger partial charge in [-0.2, -0.15) is 5.10 Å². The fourth-order valence-electron chi connectivity index (χ4n) is 3.84. The molecule has 28 heavy (non-hydrogen) atoms. The summed E-state index contributed by atoms with van der Waals surface area (Å²) in [6.45, 7) is 8.42. The van der Waals surface area contributed by atoms with E-state index in [1.165, 1.54) is 0 Å². The van der Waals surface area contributed by atoms with Crippen LogP contribution in [0, 0.1) is 5.92 Å². The molecule has 1 aromatic carbocycles. The van der Waals surface area contributed by atoms with Crippen molar-refractivity contribution in [1.82, 2.24) is 20.0 Å². The molecule has 0 bridgehead atoms. The second kappa shape index (κ2) is 10.0. The number of morpholine rings is 1. The SMILES string of the molecule is CCC(CC)C(CNC(=O)c1cnn(-c2ccccc2Cl)c1)N1CCOCC1. The Kier molecular flexibility index (Phi) is 7.48. The monoisotopic (exact) mass is 404 g/mol. The zero-order chi connectivity index (χ0) is 19.9. The van der Waals surface area contributed by atoms with Gasteiger partial charge >= 0.3 is 0 Å². The van der Waals surface area contributed by atoms with Crippen LogP contribution >= 0.6 is 11.6 Å². The van der Waals surface area contributed by atoms with E-state index in [-0.39, 0.29) is 5.91 Å². The molecule has 1 amide bonds. The lowest BCUT2D eigenvalue weighted by Crippen LogP contribution is -2.52. The summed E-state index contributed by atoms with van der Waals surface area (Å²) in [5.74, 6) is 0.437. The van der Waals surface area contributed by atoms with Crippen molar-refractivity contribution in [3.05, 3.63) is 47.2 Å². The molecule has 1 N–H and O–H groups in total. The molecule has 1 atom stereocenters. The summed E-state index contributed by atoms with van der Waals surface area (Å²) in [7, 11) is 0. The quantitative estimate of drug-likeness (QED) is 0.732. The van der Waals surface area contributed by atoms with Gasteiger partial charge in [-0.25, -0.2) is 4.68 Å². The Morgan fingerprint density at radius 3 is 2.64 bits per heavy atom. The number of amides is 1. The predicted octanol–water partition coefficient (Wildman–Crippen LogP) is 3.39. The van der Waals surface area contributed by atoms with Crippen LogP contribution in [-0.2, 0) is 4.74 Å². The van der Waals surface area contributed by atoms with Crippen LogP contribution in [0.2, 0.25) is 5.02 Å². The fraction of sp³-hybridized carbons (Fsp3) is 0.524. The van der Waals surface area contributed by atoms with E-state index >= 15 is 0 Å². The van der Waals surface area contributed by atoms with E-state index in [4.69, 9.17) is 16.3 Å². The maximum absolute atomic E-state index is 12.7. The van der Waals surface area contributed by atoms with Crippen LogP contribution in [0.3, 0.4) is 0 Å². The number of benzene rings is 1. The van der Waals surface area contributed by atoms with Crippen molar-refractivity contribution in [1.29, 1.82) is 0 Å². The number of rotatable bonds is 8. The largest absolute Gasteiger partial charge is 0.379 e. The third-order valence-corrected chi connectivity index (χ3v) is 5.84. The normalized spacial score (nSPS) is 16.3. The number of carbonyl (C=O) groups is 1. The summed E-state index contributed by atoms with van der Waals surface area (Å²) in [5, 5.41) is 8.01. The van der Waals surface area contributed by atoms with Crippen molar-refractivity contribution in [2.45, 2.75) is 32.7 Å². The molecule has 1 aromatic heterocycles. The Morgan fingerprint density at radius 2 is 1.96 bits per heavy atom. The molecule has 0 spiro atoms. The zero-order valence-corrected chi connectivity index (χ0v) is 17.4. The minimum Gasteiger partial charge on any atom is -0.379 e. The second-order valence-corrected chi connectivity index (χ2v) is 7.53. The van der Waals surface area contributed by atoms with Crippen LogP contribution in [0.25, 0.3) is 5.69 Å². The van der Waals surface area contributed by atoms with Gasteiger partial charge in [0, 0.05) is 31.9 Å². The summed E-state index contributed by atoms with van der Waals surface area (Å²) in [5.41, 5.74) is 1.29. The summed E-state index contributed by atoms with van der Waals surface area (Å²) < 4.78 is 7.13. The molecule has 1 saturated heterocycles. The Hall–Kier alpha value is -1.89. The van der Waals surface area contributed by atoms with E-state index in [9.17, 15) is 4.79 Å². The number of ether oxygens (including phenoxy) is 1. The lowest BCUT2D eigenvalue weighted by molar-refractivity contribution is 0.00191. The highest BCUT2D eigenvalue weighted by molar-refractivity contribution is 6.32. The van der Waals surface area contributed by atoms with E-state index < -0.39 is 0 Å². The van der Waals surface area contributed by atoms with Crippen molar-refractivity contribution in [3.63, 3.8) is 0 Å². The third kappa shape index (κ3) is 4.93. The smallest absolute Gasteiger partial charge is 0.254 e. The minimum atomic E-state index is -0.109. The topological polar surface area (TPSA) is 59.4 Å². The first-order chi connectivity index (χ1) is 13.6. The Bertz CT molecular complexity index is 769. The maximum Gasteiger partial charge on any atom is 0.254 e. The Labute approximate surface area is 171 Å². The van der Waals surface area contributed by atoms with Gasteiger partial charge in [0.1, 0.15) is 0 Å². The van der Waals surface area contributed by atoms with Gasteiger partial charge in [-0.1, -0.05) is 50.4 Å². The number of carbonyl (C=O) groups excluding carboxylic acids is 1. The molecule has 152 valence electrons. The van der Waals surface area contributed by atoms with Crippen molar-refractivity contribution in [3.8, 4) is 5.69 Å². The van der Waals surface area contributed by atoms with Gasteiger partial charge < -0.3 is 10.1 Å². The van der Waals surface area contributed by atoms with Gasteiger partial charge in [-0.05, 0) is 18.1 Å². The van der Waals surface area contributed by atoms with Crippen molar-refractivity contribution in [2.75, 3.05) is 32.8 Å². The number of hydrogen-bond acceptors (Lipinski definition) is 4. The molecule has 1 unspecified atom stereocenters. The molecule has 2 heterocycles. The van der Waals surface area contributed by atoms with E-state index in [1.54, 1.807) is 23.1 Å². The first-order valence-electron chi connectivity index (χ1n) is 10.0. The van der Waals surface area contributed by atoms with Crippen molar-refractivity contribution < 1.29 is 9.53 Å². The average Bonchev–Trinajstić information content (AvgIpc) is 3.22. The molecule has 0 radical (unpaired) electrons.